The molecule has 1 aliphatic heterocycles. The SMILES string of the molecule is CC1Cc2[nH]c(-c3ccncc3)cc2C(=O)N1.Cl. The first-order chi connectivity index (χ1) is 8.24. The van der Waals surface area contributed by atoms with Crippen LogP contribution in [0.4, 0.5) is 0 Å². The first-order valence-corrected chi connectivity index (χ1v) is 5.67. The van der Waals surface area contributed by atoms with E-state index in [1.807, 2.05) is 25.1 Å². The molecule has 5 heteroatoms. The average molecular weight is 264 g/mol. The maximum atomic E-state index is 11.8. The minimum atomic E-state index is 0. The van der Waals surface area contributed by atoms with Crippen LogP contribution in [0.1, 0.15) is 23.0 Å². The second-order valence-electron chi connectivity index (χ2n) is 4.39. The Labute approximate surface area is 111 Å². The van der Waals surface area contributed by atoms with E-state index in [2.05, 4.69) is 15.3 Å². The van der Waals surface area contributed by atoms with E-state index in [4.69, 9.17) is 0 Å². The van der Waals surface area contributed by atoms with Gasteiger partial charge in [0.1, 0.15) is 0 Å². The van der Waals surface area contributed by atoms with Gasteiger partial charge in [-0.05, 0) is 25.1 Å². The summed E-state index contributed by atoms with van der Waals surface area (Å²) < 4.78 is 0. The number of fused-ring (bicyclic) bond motifs is 1. The predicted molar refractivity (Wildman–Crippen MR) is 71.9 cm³/mol. The molecule has 1 aliphatic rings. The van der Waals surface area contributed by atoms with Crippen molar-refractivity contribution in [2.24, 2.45) is 0 Å². The second-order valence-corrected chi connectivity index (χ2v) is 4.39. The molecule has 3 rings (SSSR count). The van der Waals surface area contributed by atoms with Crippen molar-refractivity contribution in [3.63, 3.8) is 0 Å². The van der Waals surface area contributed by atoms with Crippen LogP contribution in [0.2, 0.25) is 0 Å². The summed E-state index contributed by atoms with van der Waals surface area (Å²) in [5, 5.41) is 2.93. The number of pyridine rings is 1. The van der Waals surface area contributed by atoms with E-state index in [9.17, 15) is 4.79 Å². The summed E-state index contributed by atoms with van der Waals surface area (Å²) in [6.07, 6.45) is 4.35. The van der Waals surface area contributed by atoms with E-state index >= 15 is 0 Å². The van der Waals surface area contributed by atoms with Crippen molar-refractivity contribution >= 4 is 18.3 Å². The third-order valence-electron chi connectivity index (χ3n) is 3.02. The molecular formula is C13H14ClN3O. The van der Waals surface area contributed by atoms with Crippen molar-refractivity contribution in [3.05, 3.63) is 41.9 Å². The lowest BCUT2D eigenvalue weighted by molar-refractivity contribution is 0.0929. The van der Waals surface area contributed by atoms with Crippen molar-refractivity contribution in [1.29, 1.82) is 0 Å². The summed E-state index contributed by atoms with van der Waals surface area (Å²) in [6.45, 7) is 2.01. The van der Waals surface area contributed by atoms with Crippen molar-refractivity contribution in [2.75, 3.05) is 0 Å². The number of halogens is 1. The van der Waals surface area contributed by atoms with Crippen molar-refractivity contribution in [1.82, 2.24) is 15.3 Å². The Morgan fingerprint density at radius 1 is 1.33 bits per heavy atom. The molecule has 94 valence electrons. The van der Waals surface area contributed by atoms with Crippen molar-refractivity contribution in [3.8, 4) is 11.3 Å². The number of hydrogen-bond acceptors (Lipinski definition) is 2. The molecule has 1 unspecified atom stereocenters. The Balaban J connectivity index is 0.00000120. The van der Waals surface area contributed by atoms with Gasteiger partial charge in [-0.25, -0.2) is 0 Å². The van der Waals surface area contributed by atoms with E-state index in [1.54, 1.807) is 12.4 Å². The van der Waals surface area contributed by atoms with Gasteiger partial charge < -0.3 is 10.3 Å². The van der Waals surface area contributed by atoms with Crippen LogP contribution in [0, 0.1) is 0 Å². The minimum absolute atomic E-state index is 0. The molecule has 18 heavy (non-hydrogen) atoms. The Hall–Kier alpha value is -1.81. The Kier molecular flexibility index (Phi) is 3.39. The molecule has 0 spiro atoms. The standard InChI is InChI=1S/C13H13N3O.ClH/c1-8-6-12-10(13(17)15-8)7-11(16-12)9-2-4-14-5-3-9;/h2-5,7-8,16H,6H2,1H3,(H,15,17);1H. The zero-order chi connectivity index (χ0) is 11.8. The molecule has 2 N–H and O–H groups in total. The minimum Gasteiger partial charge on any atom is -0.358 e. The van der Waals surface area contributed by atoms with Gasteiger partial charge >= 0.3 is 0 Å². The number of aromatic nitrogens is 2. The fourth-order valence-corrected chi connectivity index (χ4v) is 2.21. The smallest absolute Gasteiger partial charge is 0.253 e. The molecule has 0 saturated carbocycles. The summed E-state index contributed by atoms with van der Waals surface area (Å²) >= 11 is 0. The monoisotopic (exact) mass is 263 g/mol. The van der Waals surface area contributed by atoms with Crippen LogP contribution < -0.4 is 5.32 Å². The summed E-state index contributed by atoms with van der Waals surface area (Å²) in [5.41, 5.74) is 3.81. The molecule has 1 atom stereocenters. The number of H-pyrrole nitrogens is 1. The molecule has 0 aliphatic carbocycles. The largest absolute Gasteiger partial charge is 0.358 e. The van der Waals surface area contributed by atoms with Crippen molar-refractivity contribution < 1.29 is 4.79 Å². The molecule has 0 aromatic carbocycles. The fraction of sp³-hybridized carbons (Fsp3) is 0.231. The van der Waals surface area contributed by atoms with Gasteiger partial charge in [0.15, 0.2) is 0 Å². The van der Waals surface area contributed by atoms with Crippen LogP contribution in [-0.4, -0.2) is 21.9 Å². The predicted octanol–water partition coefficient (Wildman–Crippen LogP) is 2.17. The maximum Gasteiger partial charge on any atom is 0.253 e. The molecule has 2 aromatic rings. The number of amides is 1. The molecule has 0 fully saturated rings. The maximum absolute atomic E-state index is 11.8. The first-order valence-electron chi connectivity index (χ1n) is 5.67. The van der Waals surface area contributed by atoms with E-state index < -0.39 is 0 Å². The lowest BCUT2D eigenvalue weighted by Crippen LogP contribution is -2.38. The van der Waals surface area contributed by atoms with Crippen LogP contribution >= 0.6 is 12.4 Å². The lowest BCUT2D eigenvalue weighted by Gasteiger charge is -2.19. The van der Waals surface area contributed by atoms with Gasteiger partial charge in [0.05, 0.1) is 5.56 Å². The van der Waals surface area contributed by atoms with Crippen LogP contribution in [0.15, 0.2) is 30.6 Å². The number of carbonyl (C=O) groups is 1. The average Bonchev–Trinajstić information content (AvgIpc) is 2.74. The lowest BCUT2D eigenvalue weighted by atomic mass is 10.0. The molecule has 0 saturated heterocycles. The zero-order valence-corrected chi connectivity index (χ0v) is 10.8. The zero-order valence-electron chi connectivity index (χ0n) is 9.93. The third kappa shape index (κ3) is 2.11. The highest BCUT2D eigenvalue weighted by Crippen LogP contribution is 2.24. The third-order valence-corrected chi connectivity index (χ3v) is 3.02. The van der Waals surface area contributed by atoms with E-state index in [1.165, 1.54) is 0 Å². The van der Waals surface area contributed by atoms with Gasteiger partial charge in [-0.3, -0.25) is 9.78 Å². The number of rotatable bonds is 1. The van der Waals surface area contributed by atoms with Gasteiger partial charge in [-0.1, -0.05) is 0 Å². The van der Waals surface area contributed by atoms with E-state index in [0.29, 0.717) is 0 Å². The van der Waals surface area contributed by atoms with Gasteiger partial charge in [-0.2, -0.15) is 0 Å². The highest BCUT2D eigenvalue weighted by atomic mass is 35.5. The summed E-state index contributed by atoms with van der Waals surface area (Å²) in [7, 11) is 0. The van der Waals surface area contributed by atoms with Crippen LogP contribution in [-0.2, 0) is 6.42 Å². The normalized spacial score (nSPS) is 17.6. The number of aromatic amines is 1. The Bertz CT molecular complexity index is 565. The highest BCUT2D eigenvalue weighted by Gasteiger charge is 2.23. The molecular weight excluding hydrogens is 250 g/mol. The number of carbonyl (C=O) groups excluding carboxylic acids is 1. The van der Waals surface area contributed by atoms with Gasteiger partial charge in [0.2, 0.25) is 0 Å². The van der Waals surface area contributed by atoms with Crippen LogP contribution in [0.5, 0.6) is 0 Å². The van der Waals surface area contributed by atoms with Crippen LogP contribution in [0.3, 0.4) is 0 Å². The van der Waals surface area contributed by atoms with E-state index in [0.717, 1.165) is 28.9 Å². The van der Waals surface area contributed by atoms with Crippen LogP contribution in [0.25, 0.3) is 11.3 Å². The Morgan fingerprint density at radius 2 is 2.06 bits per heavy atom. The number of hydrogen-bond donors (Lipinski definition) is 2. The van der Waals surface area contributed by atoms with Gasteiger partial charge in [0, 0.05) is 41.8 Å². The molecule has 4 nitrogen and oxygen atoms in total. The summed E-state index contributed by atoms with van der Waals surface area (Å²) in [4.78, 5) is 19.1. The molecule has 2 aromatic heterocycles. The summed E-state index contributed by atoms with van der Waals surface area (Å²) in [6, 6.07) is 5.96. The molecule has 1 amide bonds. The quantitative estimate of drug-likeness (QED) is 0.828. The van der Waals surface area contributed by atoms with Gasteiger partial charge in [0.25, 0.3) is 5.91 Å². The second kappa shape index (κ2) is 4.82. The van der Waals surface area contributed by atoms with E-state index in [-0.39, 0.29) is 24.4 Å². The number of nitrogens with one attached hydrogen (secondary N) is 2. The van der Waals surface area contributed by atoms with Gasteiger partial charge in [-0.15, -0.1) is 12.4 Å². The fourth-order valence-electron chi connectivity index (χ4n) is 2.21. The number of nitrogens with zero attached hydrogens (tertiary/aromatic N) is 1. The molecule has 3 heterocycles. The first kappa shape index (κ1) is 12.6. The summed E-state index contributed by atoms with van der Waals surface area (Å²) in [5.74, 6) is 0.00954. The topological polar surface area (TPSA) is 57.8 Å². The Morgan fingerprint density at radius 3 is 2.78 bits per heavy atom. The molecule has 0 radical (unpaired) electrons. The molecule has 0 bridgehead atoms. The van der Waals surface area contributed by atoms with Crippen molar-refractivity contribution in [2.45, 2.75) is 19.4 Å². The highest BCUT2D eigenvalue weighted by molar-refractivity contribution is 5.98.